The maximum absolute atomic E-state index is 13.1. The van der Waals surface area contributed by atoms with E-state index >= 15 is 0 Å². The molecule has 0 saturated heterocycles. The Bertz CT molecular complexity index is 1130. The second kappa shape index (κ2) is 10.7. The van der Waals surface area contributed by atoms with Crippen molar-refractivity contribution in [1.82, 2.24) is 15.6 Å². The molecular formula is C22H26ClF3N4OS2. The van der Waals surface area contributed by atoms with Crippen LogP contribution in [-0.4, -0.2) is 30.0 Å². The van der Waals surface area contributed by atoms with Gasteiger partial charge in [0.05, 0.1) is 15.8 Å². The number of benzene rings is 1. The van der Waals surface area contributed by atoms with E-state index in [-0.39, 0.29) is 18.3 Å². The Kier molecular flexibility index (Phi) is 8.39. The summed E-state index contributed by atoms with van der Waals surface area (Å²) in [7, 11) is 0. The van der Waals surface area contributed by atoms with Gasteiger partial charge in [-0.1, -0.05) is 6.92 Å². The summed E-state index contributed by atoms with van der Waals surface area (Å²) in [5.74, 6) is -0.0888. The first-order chi connectivity index (χ1) is 15.3. The van der Waals surface area contributed by atoms with E-state index in [1.54, 1.807) is 0 Å². The number of carbonyl (C=O) groups is 1. The quantitative estimate of drug-likeness (QED) is 0.368. The largest absolute Gasteiger partial charge is 0.416 e. The van der Waals surface area contributed by atoms with Gasteiger partial charge < -0.3 is 16.0 Å². The summed E-state index contributed by atoms with van der Waals surface area (Å²) in [6.07, 6.45) is -2.28. The molecule has 3 heterocycles. The molecule has 1 aromatic carbocycles. The first kappa shape index (κ1) is 25.9. The van der Waals surface area contributed by atoms with Gasteiger partial charge in [0.25, 0.3) is 0 Å². The summed E-state index contributed by atoms with van der Waals surface area (Å²) >= 11 is 2.88. The van der Waals surface area contributed by atoms with Crippen LogP contribution in [0.25, 0.3) is 20.8 Å². The lowest BCUT2D eigenvalue weighted by molar-refractivity contribution is -0.137. The lowest BCUT2D eigenvalue weighted by Crippen LogP contribution is -2.28. The smallest absolute Gasteiger partial charge is 0.317 e. The zero-order valence-corrected chi connectivity index (χ0v) is 20.7. The van der Waals surface area contributed by atoms with Crippen molar-refractivity contribution in [3.8, 4) is 10.6 Å². The number of thiazole rings is 1. The van der Waals surface area contributed by atoms with Crippen LogP contribution in [0.3, 0.4) is 0 Å². The highest BCUT2D eigenvalue weighted by atomic mass is 35.5. The normalized spacial score (nSPS) is 14.6. The number of nitrogens with one attached hydrogen (secondary N) is 3. The Balaban J connectivity index is 0.00000306. The van der Waals surface area contributed by atoms with Crippen molar-refractivity contribution in [2.75, 3.05) is 18.4 Å². The van der Waals surface area contributed by atoms with E-state index in [1.165, 1.54) is 28.7 Å². The van der Waals surface area contributed by atoms with Gasteiger partial charge in [-0.3, -0.25) is 4.79 Å². The lowest BCUT2D eigenvalue weighted by atomic mass is 10.0. The highest BCUT2D eigenvalue weighted by Gasteiger charge is 2.31. The average molecular weight is 519 g/mol. The molecule has 1 aliphatic heterocycles. The number of hydrogen-bond acceptors (Lipinski definition) is 6. The number of alkyl halides is 3. The van der Waals surface area contributed by atoms with Crippen LogP contribution in [0, 0.1) is 0 Å². The third-order valence-electron chi connectivity index (χ3n) is 5.57. The number of amides is 1. The molecule has 0 radical (unpaired) electrons. The minimum atomic E-state index is -4.41. The van der Waals surface area contributed by atoms with Gasteiger partial charge in [-0.25, -0.2) is 4.98 Å². The van der Waals surface area contributed by atoms with Crippen molar-refractivity contribution >= 4 is 56.2 Å². The van der Waals surface area contributed by atoms with Crippen molar-refractivity contribution in [3.63, 3.8) is 0 Å². The third-order valence-corrected chi connectivity index (χ3v) is 7.77. The molecule has 0 bridgehead atoms. The maximum Gasteiger partial charge on any atom is 0.416 e. The van der Waals surface area contributed by atoms with Crippen LogP contribution in [0.2, 0.25) is 0 Å². The molecule has 11 heteroatoms. The fourth-order valence-corrected chi connectivity index (χ4v) is 5.95. The third kappa shape index (κ3) is 5.86. The van der Waals surface area contributed by atoms with Crippen LogP contribution in [-0.2, 0) is 23.9 Å². The summed E-state index contributed by atoms with van der Waals surface area (Å²) in [6, 6.07) is 4.00. The zero-order chi connectivity index (χ0) is 22.9. The van der Waals surface area contributed by atoms with Crippen LogP contribution < -0.4 is 16.0 Å². The van der Waals surface area contributed by atoms with Crippen molar-refractivity contribution in [3.05, 3.63) is 34.2 Å². The molecule has 180 valence electrons. The van der Waals surface area contributed by atoms with E-state index < -0.39 is 11.7 Å². The standard InChI is InChI=1S/C22H25F3N4OS2.ClH/c1-3-12(2)27-9-7-18(30)29-21-19(14-6-8-26-11-17(14)32-21)20-28-15-10-13(22(23,24)25)4-5-16(15)31-20;/h4-5,10,12,26-27H,3,6-9,11H2,1-2H3,(H,29,30);1H/t12-;/m0./s1. The van der Waals surface area contributed by atoms with Crippen molar-refractivity contribution in [1.29, 1.82) is 0 Å². The average Bonchev–Trinajstić information content (AvgIpc) is 3.32. The lowest BCUT2D eigenvalue weighted by Gasteiger charge is -2.13. The summed E-state index contributed by atoms with van der Waals surface area (Å²) in [6.45, 7) is 6.27. The topological polar surface area (TPSA) is 66.0 Å². The van der Waals surface area contributed by atoms with Crippen LogP contribution in [0.1, 0.15) is 42.7 Å². The second-order valence-electron chi connectivity index (χ2n) is 7.90. The Morgan fingerprint density at radius 2 is 2.09 bits per heavy atom. The SMILES string of the molecule is CC[C@H](C)NCCC(=O)Nc1sc2c(c1-c1nc3cc(C(F)(F)F)ccc3s1)CCNC2.Cl. The fourth-order valence-electron chi connectivity index (χ4n) is 3.63. The molecule has 1 amide bonds. The minimum Gasteiger partial charge on any atom is -0.317 e. The van der Waals surface area contributed by atoms with E-state index in [0.717, 1.165) is 52.5 Å². The Hall–Kier alpha value is -1.72. The molecular weight excluding hydrogens is 493 g/mol. The number of nitrogens with zero attached hydrogens (tertiary/aromatic N) is 1. The molecule has 4 rings (SSSR count). The number of anilines is 1. The number of thiophene rings is 1. The zero-order valence-electron chi connectivity index (χ0n) is 18.3. The first-order valence-electron chi connectivity index (χ1n) is 10.6. The summed E-state index contributed by atoms with van der Waals surface area (Å²) < 4.78 is 40.1. The monoisotopic (exact) mass is 518 g/mol. The van der Waals surface area contributed by atoms with E-state index in [9.17, 15) is 18.0 Å². The number of rotatable bonds is 7. The van der Waals surface area contributed by atoms with E-state index in [0.29, 0.717) is 40.8 Å². The molecule has 5 nitrogen and oxygen atoms in total. The van der Waals surface area contributed by atoms with Crippen molar-refractivity contribution in [2.45, 2.75) is 51.9 Å². The number of fused-ring (bicyclic) bond motifs is 2. The fraction of sp³-hybridized carbons (Fsp3) is 0.455. The number of halogens is 4. The van der Waals surface area contributed by atoms with Gasteiger partial charge in [0.1, 0.15) is 10.0 Å². The van der Waals surface area contributed by atoms with Gasteiger partial charge in [-0.15, -0.1) is 35.1 Å². The molecule has 1 aliphatic rings. The van der Waals surface area contributed by atoms with Gasteiger partial charge in [-0.05, 0) is 50.1 Å². The van der Waals surface area contributed by atoms with E-state index in [4.69, 9.17) is 0 Å². The molecule has 0 saturated carbocycles. The van der Waals surface area contributed by atoms with E-state index in [2.05, 4.69) is 34.8 Å². The second-order valence-corrected chi connectivity index (χ2v) is 10.0. The summed E-state index contributed by atoms with van der Waals surface area (Å²) in [4.78, 5) is 18.3. The van der Waals surface area contributed by atoms with Crippen molar-refractivity contribution < 1.29 is 18.0 Å². The molecule has 0 unspecified atom stereocenters. The molecule has 3 N–H and O–H groups in total. The van der Waals surface area contributed by atoms with Gasteiger partial charge in [0.2, 0.25) is 5.91 Å². The predicted octanol–water partition coefficient (Wildman–Crippen LogP) is 5.83. The van der Waals surface area contributed by atoms with Crippen molar-refractivity contribution in [2.24, 2.45) is 0 Å². The van der Waals surface area contributed by atoms with Gasteiger partial charge in [0, 0.05) is 36.0 Å². The summed E-state index contributed by atoms with van der Waals surface area (Å²) in [5, 5.41) is 11.1. The van der Waals surface area contributed by atoms with Gasteiger partial charge >= 0.3 is 6.18 Å². The number of aromatic nitrogens is 1. The van der Waals surface area contributed by atoms with Crippen LogP contribution in [0.4, 0.5) is 18.2 Å². The van der Waals surface area contributed by atoms with Crippen LogP contribution >= 0.6 is 35.1 Å². The first-order valence-corrected chi connectivity index (χ1v) is 12.3. The molecule has 3 aromatic rings. The number of carbonyl (C=O) groups excluding carboxylic acids is 1. The Morgan fingerprint density at radius 1 is 1.30 bits per heavy atom. The molecule has 0 aliphatic carbocycles. The molecule has 33 heavy (non-hydrogen) atoms. The highest BCUT2D eigenvalue weighted by molar-refractivity contribution is 7.22. The van der Waals surface area contributed by atoms with Gasteiger partial charge in [0.15, 0.2) is 0 Å². The molecule has 2 aromatic heterocycles. The predicted molar refractivity (Wildman–Crippen MR) is 132 cm³/mol. The number of hydrogen-bond donors (Lipinski definition) is 3. The molecule has 1 atom stereocenters. The maximum atomic E-state index is 13.1. The Labute approximate surface area is 204 Å². The molecule has 0 fully saturated rings. The summed E-state index contributed by atoms with van der Waals surface area (Å²) in [5.41, 5.74) is 1.59. The highest BCUT2D eigenvalue weighted by Crippen LogP contribution is 2.45. The van der Waals surface area contributed by atoms with Crippen LogP contribution in [0.15, 0.2) is 18.2 Å². The van der Waals surface area contributed by atoms with Crippen LogP contribution in [0.5, 0.6) is 0 Å². The Morgan fingerprint density at radius 3 is 2.82 bits per heavy atom. The van der Waals surface area contributed by atoms with Gasteiger partial charge in [-0.2, -0.15) is 13.2 Å². The minimum absolute atomic E-state index is 0. The van der Waals surface area contributed by atoms with E-state index in [1.807, 2.05) is 0 Å². The molecule has 0 spiro atoms.